The topological polar surface area (TPSA) is 46.5 Å². The van der Waals surface area contributed by atoms with E-state index in [1.54, 1.807) is 25.1 Å². The number of rotatable bonds is 5. The average molecular weight is 308 g/mol. The van der Waals surface area contributed by atoms with Crippen LogP contribution >= 0.6 is 27.5 Å². The highest BCUT2D eigenvalue weighted by atomic mass is 79.9. The molecule has 5 heteroatoms. The smallest absolute Gasteiger partial charge is 0.310 e. The van der Waals surface area contributed by atoms with Gasteiger partial charge < -0.3 is 9.84 Å². The first kappa shape index (κ1) is 13.3. The largest absolute Gasteiger partial charge is 0.491 e. The van der Waals surface area contributed by atoms with E-state index < -0.39 is 11.9 Å². The number of ether oxygens (including phenoxy) is 1. The molecule has 3 nitrogen and oxygen atoms in total. The summed E-state index contributed by atoms with van der Waals surface area (Å²) in [5.74, 6) is -0.290. The van der Waals surface area contributed by atoms with Gasteiger partial charge in [-0.05, 0) is 40.5 Å². The van der Waals surface area contributed by atoms with Crippen LogP contribution in [0.1, 0.15) is 18.4 Å². The quantitative estimate of drug-likeness (QED) is 0.849. The minimum atomic E-state index is -0.846. The Morgan fingerprint density at radius 3 is 2.81 bits per heavy atom. The van der Waals surface area contributed by atoms with Gasteiger partial charge in [0.15, 0.2) is 0 Å². The molecule has 0 aromatic heterocycles. The fourth-order valence-electron chi connectivity index (χ4n) is 1.19. The number of halogens is 2. The minimum absolute atomic E-state index is 0.416. The van der Waals surface area contributed by atoms with Crippen LogP contribution in [-0.4, -0.2) is 23.6 Å². The molecule has 0 saturated heterocycles. The van der Waals surface area contributed by atoms with Crippen LogP contribution in [0.3, 0.4) is 0 Å². The molecule has 0 amide bonds. The summed E-state index contributed by atoms with van der Waals surface area (Å²) >= 11 is 8.84. The Bertz CT molecular complexity index is 381. The summed E-state index contributed by atoms with van der Waals surface area (Å²) in [5, 5.41) is 8.87. The number of alkyl halides is 1. The van der Waals surface area contributed by atoms with Crippen LogP contribution in [0.4, 0.5) is 0 Å². The molecule has 0 bridgehead atoms. The van der Waals surface area contributed by atoms with E-state index in [0.29, 0.717) is 18.2 Å². The molecule has 0 radical (unpaired) electrons. The Balaban J connectivity index is 2.86. The Morgan fingerprint density at radius 1 is 1.62 bits per heavy atom. The predicted octanol–water partition coefficient (Wildman–Crippen LogP) is 3.25. The molecule has 0 heterocycles. The lowest BCUT2D eigenvalue weighted by atomic mass is 10.0. The van der Waals surface area contributed by atoms with Gasteiger partial charge in [-0.2, -0.15) is 0 Å². The molecule has 1 aromatic rings. The standard InChI is InChI=1S/C11H12BrClO3/c1-7(11(14)15)8-2-3-10(9(12)6-8)16-5-4-13/h2-3,6-7H,4-5H2,1H3,(H,14,15). The first-order chi connectivity index (χ1) is 7.56. The van der Waals surface area contributed by atoms with Gasteiger partial charge in [0, 0.05) is 0 Å². The van der Waals surface area contributed by atoms with Crippen LogP contribution in [0.2, 0.25) is 0 Å². The van der Waals surface area contributed by atoms with E-state index in [-0.39, 0.29) is 0 Å². The van der Waals surface area contributed by atoms with Crippen LogP contribution < -0.4 is 4.74 Å². The Kier molecular flexibility index (Phi) is 5.09. The van der Waals surface area contributed by atoms with Gasteiger partial charge in [-0.15, -0.1) is 11.6 Å². The van der Waals surface area contributed by atoms with Crippen LogP contribution in [0.15, 0.2) is 22.7 Å². The second-order valence-electron chi connectivity index (χ2n) is 3.29. The SMILES string of the molecule is CC(C(=O)O)c1ccc(OCCCl)c(Br)c1. The first-order valence-electron chi connectivity index (χ1n) is 4.77. The van der Waals surface area contributed by atoms with Crippen molar-refractivity contribution in [3.8, 4) is 5.75 Å². The molecule has 16 heavy (non-hydrogen) atoms. The number of carboxylic acids is 1. The zero-order chi connectivity index (χ0) is 12.1. The molecular weight excluding hydrogens is 295 g/mol. The predicted molar refractivity (Wildman–Crippen MR) is 66.4 cm³/mol. The van der Waals surface area contributed by atoms with Crippen LogP contribution in [0.5, 0.6) is 5.75 Å². The van der Waals surface area contributed by atoms with Crippen molar-refractivity contribution >= 4 is 33.5 Å². The Labute approximate surface area is 107 Å². The molecule has 0 fully saturated rings. The summed E-state index contributed by atoms with van der Waals surface area (Å²) in [7, 11) is 0. The Morgan fingerprint density at radius 2 is 2.31 bits per heavy atom. The second kappa shape index (κ2) is 6.11. The maximum Gasteiger partial charge on any atom is 0.310 e. The van der Waals surface area contributed by atoms with E-state index in [9.17, 15) is 4.79 Å². The molecule has 1 unspecified atom stereocenters. The minimum Gasteiger partial charge on any atom is -0.491 e. The lowest BCUT2D eigenvalue weighted by molar-refractivity contribution is -0.138. The van der Waals surface area contributed by atoms with Crippen LogP contribution in [0.25, 0.3) is 0 Å². The van der Waals surface area contributed by atoms with Gasteiger partial charge in [0.05, 0.1) is 16.3 Å². The molecular formula is C11H12BrClO3. The summed E-state index contributed by atoms with van der Waals surface area (Å²) < 4.78 is 6.09. The van der Waals surface area contributed by atoms with E-state index in [2.05, 4.69) is 15.9 Å². The second-order valence-corrected chi connectivity index (χ2v) is 4.52. The summed E-state index contributed by atoms with van der Waals surface area (Å²) in [6.45, 7) is 2.07. The number of carbonyl (C=O) groups is 1. The monoisotopic (exact) mass is 306 g/mol. The zero-order valence-corrected chi connectivity index (χ0v) is 11.1. The number of benzene rings is 1. The fourth-order valence-corrected chi connectivity index (χ4v) is 1.78. The lowest BCUT2D eigenvalue weighted by Gasteiger charge is -2.10. The molecule has 0 aliphatic carbocycles. The van der Waals surface area contributed by atoms with Gasteiger partial charge in [0.2, 0.25) is 0 Å². The highest BCUT2D eigenvalue weighted by Crippen LogP contribution is 2.29. The van der Waals surface area contributed by atoms with Gasteiger partial charge in [-0.1, -0.05) is 6.07 Å². The van der Waals surface area contributed by atoms with Crippen LogP contribution in [-0.2, 0) is 4.79 Å². The highest BCUT2D eigenvalue weighted by molar-refractivity contribution is 9.10. The summed E-state index contributed by atoms with van der Waals surface area (Å²) in [6, 6.07) is 5.24. The molecule has 88 valence electrons. The number of aliphatic carboxylic acids is 1. The number of hydrogen-bond donors (Lipinski definition) is 1. The van der Waals surface area contributed by atoms with Gasteiger partial charge >= 0.3 is 5.97 Å². The molecule has 1 aromatic carbocycles. The molecule has 0 spiro atoms. The summed E-state index contributed by atoms with van der Waals surface area (Å²) in [4.78, 5) is 10.8. The van der Waals surface area contributed by atoms with E-state index in [1.165, 1.54) is 0 Å². The lowest BCUT2D eigenvalue weighted by Crippen LogP contribution is -2.07. The maximum absolute atomic E-state index is 10.8. The highest BCUT2D eigenvalue weighted by Gasteiger charge is 2.14. The third kappa shape index (κ3) is 3.39. The molecule has 1 N–H and O–H groups in total. The van der Waals surface area contributed by atoms with Crippen molar-refractivity contribution in [1.82, 2.24) is 0 Å². The maximum atomic E-state index is 10.8. The van der Waals surface area contributed by atoms with E-state index in [0.717, 1.165) is 10.0 Å². The molecule has 1 rings (SSSR count). The summed E-state index contributed by atoms with van der Waals surface area (Å²) in [5.41, 5.74) is 0.734. The summed E-state index contributed by atoms with van der Waals surface area (Å²) in [6.07, 6.45) is 0. The van der Waals surface area contributed by atoms with E-state index in [4.69, 9.17) is 21.4 Å². The van der Waals surface area contributed by atoms with Gasteiger partial charge in [0.25, 0.3) is 0 Å². The van der Waals surface area contributed by atoms with Gasteiger partial charge in [-0.3, -0.25) is 4.79 Å². The fraction of sp³-hybridized carbons (Fsp3) is 0.364. The normalized spacial score (nSPS) is 12.2. The molecule has 0 saturated carbocycles. The first-order valence-corrected chi connectivity index (χ1v) is 6.10. The Hall–Kier alpha value is -0.740. The van der Waals surface area contributed by atoms with E-state index >= 15 is 0 Å². The van der Waals surface area contributed by atoms with Gasteiger partial charge in [0.1, 0.15) is 12.4 Å². The van der Waals surface area contributed by atoms with Crippen molar-refractivity contribution in [2.75, 3.05) is 12.5 Å². The van der Waals surface area contributed by atoms with Gasteiger partial charge in [-0.25, -0.2) is 0 Å². The molecule has 1 atom stereocenters. The van der Waals surface area contributed by atoms with Crippen molar-refractivity contribution in [3.05, 3.63) is 28.2 Å². The third-order valence-electron chi connectivity index (χ3n) is 2.16. The van der Waals surface area contributed by atoms with Crippen molar-refractivity contribution in [2.45, 2.75) is 12.8 Å². The average Bonchev–Trinajstić information content (AvgIpc) is 2.26. The number of hydrogen-bond acceptors (Lipinski definition) is 2. The molecule has 0 aliphatic rings. The molecule has 0 aliphatic heterocycles. The third-order valence-corrected chi connectivity index (χ3v) is 2.94. The zero-order valence-electron chi connectivity index (χ0n) is 8.74. The van der Waals surface area contributed by atoms with Crippen molar-refractivity contribution < 1.29 is 14.6 Å². The van der Waals surface area contributed by atoms with E-state index in [1.807, 2.05) is 0 Å². The van der Waals surface area contributed by atoms with Crippen LogP contribution in [0, 0.1) is 0 Å². The van der Waals surface area contributed by atoms with Crippen molar-refractivity contribution in [2.24, 2.45) is 0 Å². The number of carboxylic acid groups (broad SMARTS) is 1. The van der Waals surface area contributed by atoms with Crippen molar-refractivity contribution in [3.63, 3.8) is 0 Å². The van der Waals surface area contributed by atoms with Crippen molar-refractivity contribution in [1.29, 1.82) is 0 Å².